The lowest BCUT2D eigenvalue weighted by Gasteiger charge is -2.67. The highest BCUT2D eigenvalue weighted by atomic mass is 33.1. The second-order valence-electron chi connectivity index (χ2n) is 20.6. The minimum absolute atomic E-state index is 0.00324. The van der Waals surface area contributed by atoms with Gasteiger partial charge in [0, 0.05) is 63.7 Å². The number of aliphatic hydroxyl groups excluding tert-OH is 2. The van der Waals surface area contributed by atoms with Crippen LogP contribution in [0.1, 0.15) is 92.4 Å². The maximum absolute atomic E-state index is 16.0. The van der Waals surface area contributed by atoms with Gasteiger partial charge in [0.1, 0.15) is 29.5 Å². The molecule has 2 bridgehead atoms. The van der Waals surface area contributed by atoms with E-state index in [1.165, 1.54) is 37.0 Å². The molecule has 11 atom stereocenters. The number of nitrogens with zero attached hydrogens (tertiary/aromatic N) is 2. The summed E-state index contributed by atoms with van der Waals surface area (Å²) in [6.07, 6.45) is -8.99. The molecule has 69 heavy (non-hydrogen) atoms. The first kappa shape index (κ1) is 54.2. The van der Waals surface area contributed by atoms with Crippen LogP contribution in [0.25, 0.3) is 0 Å². The molecule has 0 aromatic heterocycles. The zero-order chi connectivity index (χ0) is 51.0. The van der Waals surface area contributed by atoms with Crippen LogP contribution in [0.4, 0.5) is 9.59 Å². The predicted octanol–water partition coefficient (Wildman–Crippen LogP) is 4.63. The molecule has 0 spiro atoms. The van der Waals surface area contributed by atoms with Crippen molar-refractivity contribution in [2.24, 2.45) is 16.7 Å². The standard InChI is InChI=1S/C49H69N3O15S2/c1-27(2)23-31(50-43(59)67-45(5,6)7)36(55)42(58)63-32-25-49(61)40(65-41(57)30-15-13-12-14-16-30)38-47(10,33(54)24-34-48(38,26-62-34)66-29(4)53)39(56)37(35(28(32)3)46(49,8)9)64-44(60)52-19-17-51(18-20-52)21-22-69-68-11/h12-16,23,31-34,36-38,40,54-55,61H,17-22,24-26H2,1-11H3,(H,50,59)/t31-,32-,33?,34+,36+,37+,38?,40-,47+,48-,49+/m0/s1. The van der Waals surface area contributed by atoms with Crippen molar-refractivity contribution < 1.29 is 72.5 Å². The van der Waals surface area contributed by atoms with E-state index in [4.69, 9.17) is 28.4 Å². The van der Waals surface area contributed by atoms with Crippen LogP contribution in [-0.2, 0) is 42.8 Å². The van der Waals surface area contributed by atoms with Crippen molar-refractivity contribution in [1.82, 2.24) is 15.1 Å². The number of hydrogen-bond acceptors (Lipinski definition) is 18. The Morgan fingerprint density at radius 3 is 2.22 bits per heavy atom. The van der Waals surface area contributed by atoms with E-state index >= 15 is 4.79 Å². The maximum Gasteiger partial charge on any atom is 0.410 e. The van der Waals surface area contributed by atoms with Crippen molar-refractivity contribution in [3.63, 3.8) is 0 Å². The average molecular weight is 1000 g/mol. The zero-order valence-corrected chi connectivity index (χ0v) is 43.0. The number of carbonyl (C=O) groups is 6. The first-order valence-corrected chi connectivity index (χ1v) is 26.0. The lowest BCUT2D eigenvalue weighted by Crippen LogP contribution is -2.82. The highest BCUT2D eigenvalue weighted by molar-refractivity contribution is 8.76. The van der Waals surface area contributed by atoms with Crippen LogP contribution in [-0.4, -0.2) is 172 Å². The molecule has 2 saturated heterocycles. The summed E-state index contributed by atoms with van der Waals surface area (Å²) >= 11 is 0. The van der Waals surface area contributed by atoms with Crippen molar-refractivity contribution in [3.8, 4) is 0 Å². The van der Waals surface area contributed by atoms with E-state index in [0.29, 0.717) is 18.7 Å². The number of nitrogens with one attached hydrogen (secondary N) is 1. The number of fused-ring (bicyclic) bond motifs is 5. The Kier molecular flexibility index (Phi) is 16.4. The normalized spacial score (nSPS) is 31.7. The second-order valence-corrected chi connectivity index (χ2v) is 23.3. The summed E-state index contributed by atoms with van der Waals surface area (Å²) in [6, 6.07) is 6.53. The van der Waals surface area contributed by atoms with E-state index in [0.717, 1.165) is 12.3 Å². The third-order valence-corrected chi connectivity index (χ3v) is 16.2. The summed E-state index contributed by atoms with van der Waals surface area (Å²) in [6.45, 7) is 17.8. The van der Waals surface area contributed by atoms with Gasteiger partial charge in [0.15, 0.2) is 23.6 Å². The Labute approximate surface area is 411 Å². The SMILES string of the molecule is CSSCCN1CCN(C(=O)O[C@H]2C(=O)[C@]3(C)C(O)C[C@H]4OC[C@@]4(OC(C)=O)C3[C@H](OC(=O)c3ccccc3)[C@]3(O)C[C@H](OC(=O)[C@H](O)[C@H](C=C(C)C)NC(=O)OC(C)(C)C)C(C)=C2C3(C)C)CC1. The Bertz CT molecular complexity index is 2190. The summed E-state index contributed by atoms with van der Waals surface area (Å²) in [5.41, 5.74) is -8.06. The minimum Gasteiger partial charge on any atom is -0.456 e. The van der Waals surface area contributed by atoms with Gasteiger partial charge in [-0.2, -0.15) is 0 Å². The fraction of sp³-hybridized carbons (Fsp3) is 0.673. The molecule has 6 rings (SSSR count). The number of hydrogen-bond donors (Lipinski definition) is 4. The Morgan fingerprint density at radius 1 is 1.00 bits per heavy atom. The van der Waals surface area contributed by atoms with Gasteiger partial charge in [-0.25, -0.2) is 19.2 Å². The molecule has 4 N–H and O–H groups in total. The van der Waals surface area contributed by atoms with Gasteiger partial charge in [-0.15, -0.1) is 0 Å². The average Bonchev–Trinajstić information content (AvgIpc) is 3.26. The summed E-state index contributed by atoms with van der Waals surface area (Å²) in [5, 5.41) is 40.4. The zero-order valence-electron chi connectivity index (χ0n) is 41.4. The molecule has 2 unspecified atom stereocenters. The second kappa shape index (κ2) is 20.9. The number of ether oxygens (including phenoxy) is 6. The fourth-order valence-corrected chi connectivity index (χ4v) is 12.0. The van der Waals surface area contributed by atoms with Crippen molar-refractivity contribution >= 4 is 57.5 Å². The molecule has 20 heteroatoms. The molecule has 1 aromatic rings. The molecule has 1 aromatic carbocycles. The van der Waals surface area contributed by atoms with Crippen LogP contribution < -0.4 is 5.32 Å². The Morgan fingerprint density at radius 2 is 1.65 bits per heavy atom. The molecule has 2 saturated carbocycles. The number of rotatable bonds is 13. The fourth-order valence-electron chi connectivity index (χ4n) is 10.8. The van der Waals surface area contributed by atoms with Gasteiger partial charge < -0.3 is 54.0 Å². The van der Waals surface area contributed by atoms with Gasteiger partial charge in [-0.3, -0.25) is 14.5 Å². The monoisotopic (exact) mass is 1000 g/mol. The summed E-state index contributed by atoms with van der Waals surface area (Å²) in [4.78, 5) is 89.2. The van der Waals surface area contributed by atoms with Crippen molar-refractivity contribution in [3.05, 3.63) is 58.7 Å². The Balaban J connectivity index is 1.52. The number of benzene rings is 1. The number of amides is 2. The Hall–Kier alpha value is -4.18. The molecule has 5 aliphatic rings. The van der Waals surface area contributed by atoms with Crippen LogP contribution in [0.3, 0.4) is 0 Å². The van der Waals surface area contributed by atoms with Crippen molar-refractivity contribution in [2.75, 3.05) is 51.3 Å². The number of allylic oxidation sites excluding steroid dienone is 1. The molecule has 0 radical (unpaired) electrons. The first-order chi connectivity index (χ1) is 32.2. The van der Waals surface area contributed by atoms with E-state index < -0.39 is 119 Å². The molecular weight excluding hydrogens is 935 g/mol. The molecular formula is C49H69N3O15S2. The quantitative estimate of drug-likeness (QED) is 0.0693. The molecule has 2 amide bonds. The van der Waals surface area contributed by atoms with E-state index in [2.05, 4.69) is 10.2 Å². The van der Waals surface area contributed by atoms with Crippen LogP contribution in [0.5, 0.6) is 0 Å². The van der Waals surface area contributed by atoms with Crippen molar-refractivity contribution in [1.29, 1.82) is 0 Å². The number of alkyl carbamates (subject to hydrolysis) is 1. The molecule has 382 valence electrons. The number of carbonyl (C=O) groups excluding carboxylic acids is 6. The van der Waals surface area contributed by atoms with E-state index in [1.807, 2.05) is 6.26 Å². The van der Waals surface area contributed by atoms with Gasteiger partial charge in [-0.1, -0.05) is 65.3 Å². The third-order valence-electron chi connectivity index (χ3n) is 14.4. The molecule has 2 heterocycles. The van der Waals surface area contributed by atoms with E-state index in [9.17, 15) is 39.3 Å². The lowest BCUT2D eigenvalue weighted by molar-refractivity contribution is -0.345. The predicted molar refractivity (Wildman–Crippen MR) is 256 cm³/mol. The summed E-state index contributed by atoms with van der Waals surface area (Å²) in [5.74, 6) is -4.50. The number of ketones is 1. The molecule has 18 nitrogen and oxygen atoms in total. The number of esters is 3. The minimum atomic E-state index is -2.42. The van der Waals surface area contributed by atoms with Crippen LogP contribution in [0.15, 0.2) is 53.1 Å². The van der Waals surface area contributed by atoms with Gasteiger partial charge in [-0.05, 0) is 78.0 Å². The van der Waals surface area contributed by atoms with Crippen molar-refractivity contribution in [2.45, 2.75) is 142 Å². The van der Waals surface area contributed by atoms with Crippen LogP contribution in [0, 0.1) is 16.7 Å². The molecule has 4 fully saturated rings. The van der Waals surface area contributed by atoms with Crippen LogP contribution >= 0.6 is 21.6 Å². The summed E-state index contributed by atoms with van der Waals surface area (Å²) < 4.78 is 36.5. The lowest BCUT2D eigenvalue weighted by atomic mass is 9.44. The molecule has 2 aliphatic heterocycles. The molecule has 3 aliphatic carbocycles. The van der Waals surface area contributed by atoms with Gasteiger partial charge in [0.2, 0.25) is 0 Å². The number of piperazine rings is 1. The smallest absolute Gasteiger partial charge is 0.410 e. The summed E-state index contributed by atoms with van der Waals surface area (Å²) in [7, 11) is 3.40. The maximum atomic E-state index is 16.0. The topological polar surface area (TPSA) is 237 Å². The van der Waals surface area contributed by atoms with Gasteiger partial charge in [0.25, 0.3) is 0 Å². The van der Waals surface area contributed by atoms with Crippen LogP contribution in [0.2, 0.25) is 0 Å². The van der Waals surface area contributed by atoms with Gasteiger partial charge >= 0.3 is 30.1 Å². The van der Waals surface area contributed by atoms with E-state index in [-0.39, 0.29) is 42.8 Å². The highest BCUT2D eigenvalue weighted by Crippen LogP contribution is 2.64. The van der Waals surface area contributed by atoms with Gasteiger partial charge in [0.05, 0.1) is 35.6 Å². The largest absolute Gasteiger partial charge is 0.456 e. The van der Waals surface area contributed by atoms with E-state index in [1.54, 1.807) is 95.2 Å². The third kappa shape index (κ3) is 10.7. The number of aliphatic hydroxyl groups is 3. The number of Topliss-reactive ketones (excluding diaryl/α,β-unsaturated/α-hetero) is 1. The first-order valence-electron chi connectivity index (χ1n) is 23.3. The highest BCUT2D eigenvalue weighted by Gasteiger charge is 2.78.